The first-order chi connectivity index (χ1) is 8.15. The first kappa shape index (κ1) is 13.6. The predicted octanol–water partition coefficient (Wildman–Crippen LogP) is 2.81. The largest absolute Gasteiger partial charge is 0.481 e. The van der Waals surface area contributed by atoms with Crippen molar-refractivity contribution < 1.29 is 19.0 Å². The summed E-state index contributed by atoms with van der Waals surface area (Å²) in [6.45, 7) is 3.03. The summed E-state index contributed by atoms with van der Waals surface area (Å²) in [5, 5.41) is 9.10. The summed E-state index contributed by atoms with van der Waals surface area (Å²) >= 11 is 0. The highest BCUT2D eigenvalue weighted by Crippen LogP contribution is 2.20. The number of hydrogen-bond donors (Lipinski definition) is 1. The van der Waals surface area contributed by atoms with Crippen LogP contribution in [0.25, 0.3) is 0 Å². The highest BCUT2D eigenvalue weighted by Gasteiger charge is 2.19. The van der Waals surface area contributed by atoms with Gasteiger partial charge in [-0.15, -0.1) is 0 Å². The van der Waals surface area contributed by atoms with E-state index in [4.69, 9.17) is 9.84 Å². The molecule has 0 saturated heterocycles. The normalized spacial score (nSPS) is 12.4. The maximum Gasteiger partial charge on any atom is 0.311 e. The van der Waals surface area contributed by atoms with E-state index in [1.54, 1.807) is 0 Å². The lowest BCUT2D eigenvalue weighted by atomic mass is 9.96. The molecule has 0 aliphatic rings. The lowest BCUT2D eigenvalue weighted by molar-refractivity contribution is -0.139. The molecule has 0 spiro atoms. The summed E-state index contributed by atoms with van der Waals surface area (Å²) in [6, 6.07) is 5.57. The minimum Gasteiger partial charge on any atom is -0.481 e. The quantitative estimate of drug-likeness (QED) is 0.745. The number of carboxylic acids is 1. The molecule has 0 heterocycles. The van der Waals surface area contributed by atoms with Gasteiger partial charge in [0.1, 0.15) is 5.82 Å². The van der Waals surface area contributed by atoms with Gasteiger partial charge in [-0.3, -0.25) is 4.79 Å². The van der Waals surface area contributed by atoms with Crippen molar-refractivity contribution in [1.82, 2.24) is 0 Å². The molecule has 17 heavy (non-hydrogen) atoms. The molecule has 0 aliphatic carbocycles. The summed E-state index contributed by atoms with van der Waals surface area (Å²) < 4.78 is 18.0. The zero-order valence-corrected chi connectivity index (χ0v) is 9.86. The first-order valence-electron chi connectivity index (χ1n) is 5.71. The Labute approximate surface area is 100 Å². The Morgan fingerprint density at radius 3 is 2.53 bits per heavy atom. The van der Waals surface area contributed by atoms with Crippen LogP contribution in [0.3, 0.4) is 0 Å². The fraction of sp³-hybridized carbons (Fsp3) is 0.462. The van der Waals surface area contributed by atoms with Crippen LogP contribution in [0.5, 0.6) is 0 Å². The third-order valence-electron chi connectivity index (χ3n) is 2.47. The van der Waals surface area contributed by atoms with Crippen LogP contribution in [-0.4, -0.2) is 24.3 Å². The van der Waals surface area contributed by atoms with E-state index < -0.39 is 11.9 Å². The second-order valence-corrected chi connectivity index (χ2v) is 3.84. The van der Waals surface area contributed by atoms with Gasteiger partial charge in [-0.2, -0.15) is 0 Å². The summed E-state index contributed by atoms with van der Waals surface area (Å²) in [5.41, 5.74) is 0.610. The minimum absolute atomic E-state index is 0.361. The van der Waals surface area contributed by atoms with E-state index in [0.717, 1.165) is 6.42 Å². The summed E-state index contributed by atoms with van der Waals surface area (Å²) in [5.74, 6) is -1.90. The standard InChI is InChI=1S/C13H17FO3/c1-2-8-17-9-7-12(13(15)16)10-3-5-11(14)6-4-10/h3-6,12H,2,7-9H2,1H3,(H,15,16). The predicted molar refractivity (Wildman–Crippen MR) is 62.5 cm³/mol. The molecular weight excluding hydrogens is 223 g/mol. The molecule has 1 atom stereocenters. The molecule has 1 rings (SSSR count). The van der Waals surface area contributed by atoms with Crippen LogP contribution in [0.2, 0.25) is 0 Å². The van der Waals surface area contributed by atoms with Gasteiger partial charge in [0, 0.05) is 13.2 Å². The van der Waals surface area contributed by atoms with Gasteiger partial charge in [0.15, 0.2) is 0 Å². The van der Waals surface area contributed by atoms with Crippen molar-refractivity contribution in [3.05, 3.63) is 35.6 Å². The summed E-state index contributed by atoms with van der Waals surface area (Å²) in [7, 11) is 0. The third-order valence-corrected chi connectivity index (χ3v) is 2.47. The van der Waals surface area contributed by atoms with Crippen molar-refractivity contribution in [3.63, 3.8) is 0 Å². The number of carboxylic acid groups (broad SMARTS) is 1. The zero-order chi connectivity index (χ0) is 12.7. The van der Waals surface area contributed by atoms with E-state index in [1.165, 1.54) is 24.3 Å². The molecule has 0 amide bonds. The molecule has 1 aromatic carbocycles. The van der Waals surface area contributed by atoms with Crippen molar-refractivity contribution >= 4 is 5.97 Å². The number of halogens is 1. The Balaban J connectivity index is 2.59. The molecule has 94 valence electrons. The van der Waals surface area contributed by atoms with Crippen molar-refractivity contribution in [2.75, 3.05) is 13.2 Å². The molecule has 0 radical (unpaired) electrons. The molecule has 1 aromatic rings. The van der Waals surface area contributed by atoms with Gasteiger partial charge >= 0.3 is 5.97 Å². The maximum absolute atomic E-state index is 12.7. The van der Waals surface area contributed by atoms with E-state index in [2.05, 4.69) is 0 Å². The number of carbonyl (C=O) groups is 1. The molecule has 1 N–H and O–H groups in total. The average molecular weight is 240 g/mol. The molecule has 0 aromatic heterocycles. The first-order valence-corrected chi connectivity index (χ1v) is 5.71. The van der Waals surface area contributed by atoms with Gasteiger partial charge in [0.2, 0.25) is 0 Å². The Kier molecular flexibility index (Phi) is 5.63. The number of hydrogen-bond acceptors (Lipinski definition) is 2. The molecule has 0 bridgehead atoms. The average Bonchev–Trinajstić information content (AvgIpc) is 2.30. The zero-order valence-electron chi connectivity index (χ0n) is 9.86. The van der Waals surface area contributed by atoms with Crippen LogP contribution in [0.4, 0.5) is 4.39 Å². The van der Waals surface area contributed by atoms with Crippen LogP contribution in [0.1, 0.15) is 31.2 Å². The Morgan fingerprint density at radius 1 is 1.35 bits per heavy atom. The molecule has 1 unspecified atom stereocenters. The van der Waals surface area contributed by atoms with E-state index in [1.807, 2.05) is 6.92 Å². The summed E-state index contributed by atoms with van der Waals surface area (Å²) in [4.78, 5) is 11.1. The maximum atomic E-state index is 12.7. The second-order valence-electron chi connectivity index (χ2n) is 3.84. The van der Waals surface area contributed by atoms with Crippen LogP contribution in [-0.2, 0) is 9.53 Å². The number of rotatable bonds is 7. The van der Waals surface area contributed by atoms with E-state index >= 15 is 0 Å². The second kappa shape index (κ2) is 7.01. The molecule has 0 aliphatic heterocycles. The van der Waals surface area contributed by atoms with Crippen LogP contribution in [0.15, 0.2) is 24.3 Å². The van der Waals surface area contributed by atoms with Crippen molar-refractivity contribution in [2.45, 2.75) is 25.7 Å². The van der Waals surface area contributed by atoms with Gasteiger partial charge in [-0.1, -0.05) is 19.1 Å². The van der Waals surface area contributed by atoms with E-state index in [9.17, 15) is 9.18 Å². The monoisotopic (exact) mass is 240 g/mol. The van der Waals surface area contributed by atoms with Gasteiger partial charge in [-0.05, 0) is 30.5 Å². The van der Waals surface area contributed by atoms with E-state index in [0.29, 0.717) is 25.2 Å². The summed E-state index contributed by atoms with van der Waals surface area (Å²) in [6.07, 6.45) is 1.31. The van der Waals surface area contributed by atoms with E-state index in [-0.39, 0.29) is 5.82 Å². The highest BCUT2D eigenvalue weighted by atomic mass is 19.1. The molecular formula is C13H17FO3. The lowest BCUT2D eigenvalue weighted by Crippen LogP contribution is -2.14. The number of benzene rings is 1. The lowest BCUT2D eigenvalue weighted by Gasteiger charge is -2.12. The Hall–Kier alpha value is -1.42. The highest BCUT2D eigenvalue weighted by molar-refractivity contribution is 5.76. The number of ether oxygens (including phenoxy) is 1. The van der Waals surface area contributed by atoms with Crippen molar-refractivity contribution in [2.24, 2.45) is 0 Å². The van der Waals surface area contributed by atoms with Gasteiger partial charge in [0.05, 0.1) is 5.92 Å². The smallest absolute Gasteiger partial charge is 0.311 e. The van der Waals surface area contributed by atoms with Crippen molar-refractivity contribution in [3.8, 4) is 0 Å². The Bertz CT molecular complexity index is 348. The fourth-order valence-electron chi connectivity index (χ4n) is 1.58. The van der Waals surface area contributed by atoms with Crippen LogP contribution < -0.4 is 0 Å². The topological polar surface area (TPSA) is 46.5 Å². The SMILES string of the molecule is CCCOCCC(C(=O)O)c1ccc(F)cc1. The molecule has 0 saturated carbocycles. The molecule has 4 heteroatoms. The Morgan fingerprint density at radius 2 is 2.00 bits per heavy atom. The molecule has 0 fully saturated rings. The van der Waals surface area contributed by atoms with Gasteiger partial charge < -0.3 is 9.84 Å². The van der Waals surface area contributed by atoms with Crippen LogP contribution >= 0.6 is 0 Å². The van der Waals surface area contributed by atoms with Crippen LogP contribution in [0, 0.1) is 5.82 Å². The minimum atomic E-state index is -0.906. The number of aliphatic carboxylic acids is 1. The van der Waals surface area contributed by atoms with Gasteiger partial charge in [-0.25, -0.2) is 4.39 Å². The molecule has 3 nitrogen and oxygen atoms in total. The fourth-order valence-corrected chi connectivity index (χ4v) is 1.58. The third kappa shape index (κ3) is 4.53. The van der Waals surface area contributed by atoms with Crippen molar-refractivity contribution in [1.29, 1.82) is 0 Å². The van der Waals surface area contributed by atoms with Gasteiger partial charge in [0.25, 0.3) is 0 Å².